The van der Waals surface area contributed by atoms with Crippen molar-refractivity contribution >= 4 is 11.6 Å². The lowest BCUT2D eigenvalue weighted by atomic mass is 10.2. The minimum Gasteiger partial charge on any atom is -0.379 e. The van der Waals surface area contributed by atoms with Crippen LogP contribution in [0.1, 0.15) is 21.7 Å². The molecule has 1 heterocycles. The third-order valence-electron chi connectivity index (χ3n) is 2.90. The molecule has 0 aliphatic rings. The molecule has 2 aromatic rings. The lowest BCUT2D eigenvalue weighted by Gasteiger charge is -2.08. The van der Waals surface area contributed by atoms with E-state index in [-0.39, 0.29) is 5.91 Å². The summed E-state index contributed by atoms with van der Waals surface area (Å²) < 4.78 is 0. The van der Waals surface area contributed by atoms with Gasteiger partial charge in [-0.2, -0.15) is 0 Å². The molecule has 0 saturated heterocycles. The van der Waals surface area contributed by atoms with Gasteiger partial charge in [0.25, 0.3) is 5.91 Å². The van der Waals surface area contributed by atoms with Crippen molar-refractivity contribution in [1.29, 1.82) is 0 Å². The second-order valence-electron chi connectivity index (χ2n) is 4.68. The van der Waals surface area contributed by atoms with Crippen LogP contribution in [-0.4, -0.2) is 29.9 Å². The van der Waals surface area contributed by atoms with Crippen molar-refractivity contribution < 1.29 is 4.79 Å². The van der Waals surface area contributed by atoms with Gasteiger partial charge >= 0.3 is 0 Å². The van der Waals surface area contributed by atoms with E-state index in [0.29, 0.717) is 12.2 Å². The first-order chi connectivity index (χ1) is 9.60. The van der Waals surface area contributed by atoms with Crippen LogP contribution < -0.4 is 5.32 Å². The molecule has 1 amide bonds. The van der Waals surface area contributed by atoms with Crippen LogP contribution >= 0.6 is 0 Å². The van der Waals surface area contributed by atoms with Gasteiger partial charge < -0.3 is 15.2 Å². The third-order valence-corrected chi connectivity index (χ3v) is 2.90. The maximum atomic E-state index is 11.8. The highest BCUT2D eigenvalue weighted by molar-refractivity contribution is 5.92. The SMILES string of the molecule is C#Cc1cccc(NCc2ccc(C(=O)N(C)C)[nH]2)c1. The quantitative estimate of drug-likeness (QED) is 0.835. The van der Waals surface area contributed by atoms with Gasteiger partial charge in [0.1, 0.15) is 5.69 Å². The summed E-state index contributed by atoms with van der Waals surface area (Å²) in [7, 11) is 3.46. The molecule has 0 spiro atoms. The largest absolute Gasteiger partial charge is 0.379 e. The summed E-state index contributed by atoms with van der Waals surface area (Å²) in [5.41, 5.74) is 3.32. The van der Waals surface area contributed by atoms with Crippen molar-refractivity contribution in [3.05, 3.63) is 53.3 Å². The predicted octanol–water partition coefficient (Wildman–Crippen LogP) is 2.31. The van der Waals surface area contributed by atoms with Gasteiger partial charge in [0.2, 0.25) is 0 Å². The summed E-state index contributed by atoms with van der Waals surface area (Å²) in [5.74, 6) is 2.56. The van der Waals surface area contributed by atoms with Crippen molar-refractivity contribution in [3.63, 3.8) is 0 Å². The highest BCUT2D eigenvalue weighted by atomic mass is 16.2. The molecule has 0 aliphatic carbocycles. The normalized spacial score (nSPS) is 9.85. The number of terminal acetylenes is 1. The zero-order chi connectivity index (χ0) is 14.5. The molecule has 2 rings (SSSR count). The van der Waals surface area contributed by atoms with Gasteiger partial charge in [-0.15, -0.1) is 6.42 Å². The Morgan fingerprint density at radius 3 is 2.85 bits per heavy atom. The molecule has 20 heavy (non-hydrogen) atoms. The fourth-order valence-corrected chi connectivity index (χ4v) is 1.83. The first-order valence-corrected chi connectivity index (χ1v) is 6.30. The molecular weight excluding hydrogens is 250 g/mol. The predicted molar refractivity (Wildman–Crippen MR) is 80.5 cm³/mol. The van der Waals surface area contributed by atoms with Gasteiger partial charge in [0.15, 0.2) is 0 Å². The molecule has 102 valence electrons. The molecule has 0 fully saturated rings. The highest BCUT2D eigenvalue weighted by Gasteiger charge is 2.09. The monoisotopic (exact) mass is 267 g/mol. The highest BCUT2D eigenvalue weighted by Crippen LogP contribution is 2.12. The zero-order valence-corrected chi connectivity index (χ0v) is 11.6. The van der Waals surface area contributed by atoms with Gasteiger partial charge in [0, 0.05) is 31.0 Å². The topological polar surface area (TPSA) is 48.1 Å². The molecule has 2 N–H and O–H groups in total. The van der Waals surface area contributed by atoms with Gasteiger partial charge in [-0.05, 0) is 30.3 Å². The van der Waals surface area contributed by atoms with Gasteiger partial charge in [0.05, 0.1) is 6.54 Å². The lowest BCUT2D eigenvalue weighted by molar-refractivity contribution is 0.0822. The fraction of sp³-hybridized carbons (Fsp3) is 0.188. The van der Waals surface area contributed by atoms with E-state index in [1.807, 2.05) is 30.3 Å². The Kier molecular flexibility index (Phi) is 4.11. The number of amides is 1. The number of anilines is 1. The molecule has 1 aromatic heterocycles. The Balaban J connectivity index is 2.01. The van der Waals surface area contributed by atoms with Crippen molar-refractivity contribution in [2.75, 3.05) is 19.4 Å². The molecule has 0 aliphatic heterocycles. The number of hydrogen-bond donors (Lipinski definition) is 2. The van der Waals surface area contributed by atoms with Crippen molar-refractivity contribution in [3.8, 4) is 12.3 Å². The smallest absolute Gasteiger partial charge is 0.269 e. The van der Waals surface area contributed by atoms with E-state index in [9.17, 15) is 4.79 Å². The van der Waals surface area contributed by atoms with Crippen molar-refractivity contribution in [2.24, 2.45) is 0 Å². The summed E-state index contributed by atoms with van der Waals surface area (Å²) in [5, 5.41) is 3.27. The molecule has 0 saturated carbocycles. The third kappa shape index (κ3) is 3.21. The van der Waals surface area contributed by atoms with Crippen LogP contribution in [0.2, 0.25) is 0 Å². The fourth-order valence-electron chi connectivity index (χ4n) is 1.83. The molecular formula is C16H17N3O. The zero-order valence-electron chi connectivity index (χ0n) is 11.6. The van der Waals surface area contributed by atoms with E-state index in [0.717, 1.165) is 16.9 Å². The summed E-state index contributed by atoms with van der Waals surface area (Å²) in [4.78, 5) is 16.4. The molecule has 0 bridgehead atoms. The van der Waals surface area contributed by atoms with Crippen LogP contribution in [0.15, 0.2) is 36.4 Å². The average Bonchev–Trinajstić information content (AvgIpc) is 2.93. The Labute approximate surface area is 118 Å². The number of rotatable bonds is 4. The van der Waals surface area contributed by atoms with Crippen LogP contribution in [-0.2, 0) is 6.54 Å². The van der Waals surface area contributed by atoms with Gasteiger partial charge in [-0.1, -0.05) is 12.0 Å². The van der Waals surface area contributed by atoms with Crippen LogP contribution in [0.25, 0.3) is 0 Å². The lowest BCUT2D eigenvalue weighted by Crippen LogP contribution is -2.22. The first kappa shape index (κ1) is 13.8. The Morgan fingerprint density at radius 2 is 2.15 bits per heavy atom. The van der Waals surface area contributed by atoms with Crippen LogP contribution in [0.5, 0.6) is 0 Å². The van der Waals surface area contributed by atoms with Crippen molar-refractivity contribution in [2.45, 2.75) is 6.54 Å². The van der Waals surface area contributed by atoms with E-state index in [1.165, 1.54) is 0 Å². The van der Waals surface area contributed by atoms with E-state index in [1.54, 1.807) is 25.1 Å². The standard InChI is InChI=1S/C16H17N3O/c1-4-12-6-5-7-13(10-12)17-11-14-8-9-15(18-14)16(20)19(2)3/h1,5-10,17-18H,11H2,2-3H3. The molecule has 0 atom stereocenters. The average molecular weight is 267 g/mol. The number of H-pyrrole nitrogens is 1. The summed E-state index contributed by atoms with van der Waals surface area (Å²) in [6.07, 6.45) is 5.36. The van der Waals surface area contributed by atoms with E-state index >= 15 is 0 Å². The minimum atomic E-state index is -0.0365. The van der Waals surface area contributed by atoms with Crippen LogP contribution in [0.4, 0.5) is 5.69 Å². The first-order valence-electron chi connectivity index (χ1n) is 6.30. The van der Waals surface area contributed by atoms with E-state index in [4.69, 9.17) is 6.42 Å². The molecule has 4 heteroatoms. The van der Waals surface area contributed by atoms with Crippen LogP contribution in [0, 0.1) is 12.3 Å². The Morgan fingerprint density at radius 1 is 1.35 bits per heavy atom. The summed E-state index contributed by atoms with van der Waals surface area (Å²) >= 11 is 0. The van der Waals surface area contributed by atoms with Crippen molar-refractivity contribution in [1.82, 2.24) is 9.88 Å². The maximum absolute atomic E-state index is 11.8. The molecule has 4 nitrogen and oxygen atoms in total. The number of carbonyl (C=O) groups is 1. The second-order valence-corrected chi connectivity index (χ2v) is 4.68. The number of aromatic amines is 1. The molecule has 0 radical (unpaired) electrons. The maximum Gasteiger partial charge on any atom is 0.269 e. The van der Waals surface area contributed by atoms with Crippen LogP contribution in [0.3, 0.4) is 0 Å². The van der Waals surface area contributed by atoms with E-state index in [2.05, 4.69) is 16.2 Å². The number of benzene rings is 1. The molecule has 1 aromatic carbocycles. The van der Waals surface area contributed by atoms with Gasteiger partial charge in [-0.25, -0.2) is 0 Å². The number of carbonyl (C=O) groups excluding carboxylic acids is 1. The second kappa shape index (κ2) is 5.98. The number of nitrogens with zero attached hydrogens (tertiary/aromatic N) is 1. The number of hydrogen-bond acceptors (Lipinski definition) is 2. The number of aromatic nitrogens is 1. The molecule has 0 unspecified atom stereocenters. The summed E-state index contributed by atoms with van der Waals surface area (Å²) in [6.45, 7) is 0.606. The minimum absolute atomic E-state index is 0.0365. The Bertz CT molecular complexity index is 650. The Hall–Kier alpha value is -2.67. The van der Waals surface area contributed by atoms with E-state index < -0.39 is 0 Å². The number of nitrogens with one attached hydrogen (secondary N) is 2. The van der Waals surface area contributed by atoms with Gasteiger partial charge in [-0.3, -0.25) is 4.79 Å². The summed E-state index contributed by atoms with van der Waals surface area (Å²) in [6, 6.07) is 11.3.